The minimum absolute atomic E-state index is 0.175. The van der Waals surface area contributed by atoms with Crippen LogP contribution >= 0.6 is 0 Å². The van der Waals surface area contributed by atoms with E-state index >= 15 is 0 Å². The van der Waals surface area contributed by atoms with Gasteiger partial charge >= 0.3 is 0 Å². The highest BCUT2D eigenvalue weighted by atomic mass is 16.2. The second-order valence-corrected chi connectivity index (χ2v) is 3.09. The highest BCUT2D eigenvalue weighted by molar-refractivity contribution is 5.77. The van der Waals surface area contributed by atoms with Crippen molar-refractivity contribution in [3.05, 3.63) is 35.4 Å². The van der Waals surface area contributed by atoms with E-state index in [9.17, 15) is 4.79 Å². The van der Waals surface area contributed by atoms with Gasteiger partial charge in [0.25, 0.3) is 0 Å². The van der Waals surface area contributed by atoms with Crippen molar-refractivity contribution >= 4 is 5.91 Å². The summed E-state index contributed by atoms with van der Waals surface area (Å²) in [6.45, 7) is 0.837. The molecule has 0 aliphatic carbocycles. The molecule has 0 heterocycles. The Morgan fingerprint density at radius 3 is 2.36 bits per heavy atom. The van der Waals surface area contributed by atoms with Gasteiger partial charge in [-0.3, -0.25) is 10.2 Å². The lowest BCUT2D eigenvalue weighted by Crippen LogP contribution is -2.31. The van der Waals surface area contributed by atoms with Gasteiger partial charge in [0, 0.05) is 6.54 Å². The first-order valence-corrected chi connectivity index (χ1v) is 4.48. The average molecular weight is 193 g/mol. The van der Waals surface area contributed by atoms with E-state index in [0.717, 1.165) is 12.1 Å². The van der Waals surface area contributed by atoms with E-state index in [0.29, 0.717) is 6.42 Å². The Morgan fingerprint density at radius 1 is 1.29 bits per heavy atom. The Bertz CT molecular complexity index is 295. The van der Waals surface area contributed by atoms with E-state index in [4.69, 9.17) is 5.84 Å². The molecule has 4 heteroatoms. The third-order valence-corrected chi connectivity index (χ3v) is 1.93. The van der Waals surface area contributed by atoms with E-state index in [1.54, 1.807) is 0 Å². The maximum absolute atomic E-state index is 10.9. The highest BCUT2D eigenvalue weighted by Crippen LogP contribution is 2.04. The Balaban J connectivity index is 2.59. The van der Waals surface area contributed by atoms with Crippen LogP contribution in [0, 0.1) is 0 Å². The monoisotopic (exact) mass is 193 g/mol. The van der Waals surface area contributed by atoms with Crippen molar-refractivity contribution in [2.24, 2.45) is 5.84 Å². The van der Waals surface area contributed by atoms with Gasteiger partial charge in [-0.05, 0) is 18.2 Å². The standard InChI is InChI=1S/C10H15N3O/c1-12-7-9-4-2-8(3-5-9)6-10(14)13-11/h2-5,12H,6-7,11H2,1H3,(H,13,14). The number of nitrogens with two attached hydrogens (primary N) is 1. The van der Waals surface area contributed by atoms with Gasteiger partial charge in [-0.25, -0.2) is 5.84 Å². The summed E-state index contributed by atoms with van der Waals surface area (Å²) in [5.74, 6) is 4.81. The van der Waals surface area contributed by atoms with Crippen molar-refractivity contribution in [2.45, 2.75) is 13.0 Å². The number of carbonyl (C=O) groups excluding carboxylic acids is 1. The summed E-state index contributed by atoms with van der Waals surface area (Å²) in [4.78, 5) is 10.9. The molecule has 0 aliphatic rings. The zero-order valence-corrected chi connectivity index (χ0v) is 8.21. The van der Waals surface area contributed by atoms with Crippen LogP contribution in [0.3, 0.4) is 0 Å². The minimum Gasteiger partial charge on any atom is -0.316 e. The lowest BCUT2D eigenvalue weighted by atomic mass is 10.1. The van der Waals surface area contributed by atoms with Crippen LogP contribution in [-0.4, -0.2) is 13.0 Å². The molecule has 1 aromatic carbocycles. The predicted octanol–water partition coefficient (Wildman–Crippen LogP) is -0.0616. The molecule has 1 aromatic rings. The third kappa shape index (κ3) is 3.16. The molecule has 76 valence electrons. The van der Waals surface area contributed by atoms with Gasteiger partial charge < -0.3 is 5.32 Å². The molecule has 0 fully saturated rings. The summed E-state index contributed by atoms with van der Waals surface area (Å²) < 4.78 is 0. The molecule has 1 rings (SSSR count). The lowest BCUT2D eigenvalue weighted by molar-refractivity contribution is -0.120. The lowest BCUT2D eigenvalue weighted by Gasteiger charge is -2.02. The van der Waals surface area contributed by atoms with Crippen LogP contribution in [0.4, 0.5) is 0 Å². The number of carbonyl (C=O) groups is 1. The molecule has 0 atom stereocenters. The summed E-state index contributed by atoms with van der Waals surface area (Å²) in [5.41, 5.74) is 4.27. The van der Waals surface area contributed by atoms with E-state index in [1.807, 2.05) is 31.3 Å². The topological polar surface area (TPSA) is 67.2 Å². The fourth-order valence-electron chi connectivity index (χ4n) is 1.22. The zero-order valence-electron chi connectivity index (χ0n) is 8.21. The van der Waals surface area contributed by atoms with Gasteiger partial charge in [-0.15, -0.1) is 0 Å². The molecule has 0 saturated heterocycles. The number of hydrazine groups is 1. The molecule has 0 spiro atoms. The number of rotatable bonds is 4. The fraction of sp³-hybridized carbons (Fsp3) is 0.300. The van der Waals surface area contributed by atoms with Crippen molar-refractivity contribution in [2.75, 3.05) is 7.05 Å². The number of amides is 1. The quantitative estimate of drug-likeness (QED) is 0.356. The van der Waals surface area contributed by atoms with Crippen LogP contribution in [-0.2, 0) is 17.8 Å². The Kier molecular flexibility index (Phi) is 4.10. The molecule has 4 nitrogen and oxygen atoms in total. The van der Waals surface area contributed by atoms with E-state index in [1.165, 1.54) is 5.56 Å². The number of nitrogens with one attached hydrogen (secondary N) is 2. The van der Waals surface area contributed by atoms with Crippen molar-refractivity contribution in [3.8, 4) is 0 Å². The number of hydrogen-bond acceptors (Lipinski definition) is 3. The van der Waals surface area contributed by atoms with Crippen molar-refractivity contribution in [1.82, 2.24) is 10.7 Å². The number of benzene rings is 1. The molecular weight excluding hydrogens is 178 g/mol. The van der Waals surface area contributed by atoms with Crippen LogP contribution in [0.15, 0.2) is 24.3 Å². The molecule has 14 heavy (non-hydrogen) atoms. The summed E-state index contributed by atoms with van der Waals surface area (Å²) in [6, 6.07) is 7.86. The molecule has 0 aliphatic heterocycles. The largest absolute Gasteiger partial charge is 0.316 e. The third-order valence-electron chi connectivity index (χ3n) is 1.93. The van der Waals surface area contributed by atoms with Crippen LogP contribution in [0.5, 0.6) is 0 Å². The molecular formula is C10H15N3O. The van der Waals surface area contributed by atoms with Gasteiger partial charge in [0.15, 0.2) is 0 Å². The zero-order chi connectivity index (χ0) is 10.4. The Hall–Kier alpha value is -1.39. The van der Waals surface area contributed by atoms with Crippen LogP contribution in [0.2, 0.25) is 0 Å². The minimum atomic E-state index is -0.175. The first-order chi connectivity index (χ1) is 6.76. The van der Waals surface area contributed by atoms with E-state index in [2.05, 4.69) is 10.7 Å². The molecule has 0 radical (unpaired) electrons. The normalized spacial score (nSPS) is 9.86. The maximum atomic E-state index is 10.9. The SMILES string of the molecule is CNCc1ccc(CC(=O)NN)cc1. The van der Waals surface area contributed by atoms with Crippen molar-refractivity contribution in [3.63, 3.8) is 0 Å². The van der Waals surface area contributed by atoms with E-state index in [-0.39, 0.29) is 5.91 Å². The second-order valence-electron chi connectivity index (χ2n) is 3.09. The first-order valence-electron chi connectivity index (χ1n) is 4.48. The molecule has 0 unspecified atom stereocenters. The first kappa shape index (κ1) is 10.7. The fourth-order valence-corrected chi connectivity index (χ4v) is 1.22. The summed E-state index contributed by atoms with van der Waals surface area (Å²) in [6.07, 6.45) is 0.330. The maximum Gasteiger partial charge on any atom is 0.238 e. The van der Waals surface area contributed by atoms with Crippen LogP contribution in [0.25, 0.3) is 0 Å². The number of hydrogen-bond donors (Lipinski definition) is 3. The van der Waals surface area contributed by atoms with Gasteiger partial charge in [-0.2, -0.15) is 0 Å². The van der Waals surface area contributed by atoms with Gasteiger partial charge in [0.2, 0.25) is 5.91 Å². The highest BCUT2D eigenvalue weighted by Gasteiger charge is 2.00. The predicted molar refractivity (Wildman–Crippen MR) is 55.2 cm³/mol. The van der Waals surface area contributed by atoms with Gasteiger partial charge in [0.1, 0.15) is 0 Å². The summed E-state index contributed by atoms with van der Waals surface area (Å²) in [7, 11) is 1.90. The second kappa shape index (κ2) is 5.36. The van der Waals surface area contributed by atoms with E-state index < -0.39 is 0 Å². The molecule has 0 aromatic heterocycles. The van der Waals surface area contributed by atoms with Crippen molar-refractivity contribution in [1.29, 1.82) is 0 Å². The van der Waals surface area contributed by atoms with Gasteiger partial charge in [-0.1, -0.05) is 24.3 Å². The smallest absolute Gasteiger partial charge is 0.238 e. The molecule has 4 N–H and O–H groups in total. The summed E-state index contributed by atoms with van der Waals surface area (Å²) in [5, 5.41) is 3.06. The summed E-state index contributed by atoms with van der Waals surface area (Å²) >= 11 is 0. The molecule has 0 bridgehead atoms. The molecule has 0 saturated carbocycles. The van der Waals surface area contributed by atoms with Gasteiger partial charge in [0.05, 0.1) is 6.42 Å². The van der Waals surface area contributed by atoms with Crippen molar-refractivity contribution < 1.29 is 4.79 Å². The van der Waals surface area contributed by atoms with Crippen LogP contribution < -0.4 is 16.6 Å². The average Bonchev–Trinajstić information content (AvgIpc) is 2.21. The Labute approximate surface area is 83.5 Å². The van der Waals surface area contributed by atoms with Crippen LogP contribution in [0.1, 0.15) is 11.1 Å². The Morgan fingerprint density at radius 2 is 1.86 bits per heavy atom. The molecule has 1 amide bonds.